The highest BCUT2D eigenvalue weighted by atomic mass is 32.2. The summed E-state index contributed by atoms with van der Waals surface area (Å²) in [6.07, 6.45) is 1.45. The van der Waals surface area contributed by atoms with Crippen LogP contribution in [0.3, 0.4) is 0 Å². The van der Waals surface area contributed by atoms with Gasteiger partial charge >= 0.3 is 0 Å². The molecule has 1 rings (SSSR count). The van der Waals surface area contributed by atoms with E-state index in [9.17, 15) is 13.2 Å². The van der Waals surface area contributed by atoms with Gasteiger partial charge in [0.15, 0.2) is 0 Å². The van der Waals surface area contributed by atoms with Crippen molar-refractivity contribution in [3.8, 4) is 0 Å². The summed E-state index contributed by atoms with van der Waals surface area (Å²) in [5, 5.41) is 0. The number of carbonyl (C=O) groups excluding carboxylic acids is 1. The van der Waals surface area contributed by atoms with Crippen LogP contribution in [0, 0.1) is 5.92 Å². The summed E-state index contributed by atoms with van der Waals surface area (Å²) in [5.41, 5.74) is -0.450. The minimum atomic E-state index is -3.53. The third-order valence-electron chi connectivity index (χ3n) is 2.31. The van der Waals surface area contributed by atoms with Crippen LogP contribution >= 0.6 is 0 Å². The molecule has 88 valence electrons. The molecule has 0 amide bonds. The van der Waals surface area contributed by atoms with E-state index in [0.29, 0.717) is 12.7 Å². The molecule has 1 aliphatic rings. The summed E-state index contributed by atoms with van der Waals surface area (Å²) in [7, 11) is -3.53. The van der Waals surface area contributed by atoms with Crippen LogP contribution in [-0.4, -0.2) is 39.3 Å². The Kier molecular flexibility index (Phi) is 3.52. The molecule has 0 unspecified atom stereocenters. The Morgan fingerprint density at radius 3 is 2.53 bits per heavy atom. The van der Waals surface area contributed by atoms with E-state index < -0.39 is 27.7 Å². The fraction of sp³-hybridized carbons (Fsp3) is 0.889. The van der Waals surface area contributed by atoms with E-state index in [1.54, 1.807) is 0 Å². The molecule has 5 nitrogen and oxygen atoms in total. The molecule has 15 heavy (non-hydrogen) atoms. The zero-order valence-corrected chi connectivity index (χ0v) is 9.91. The van der Waals surface area contributed by atoms with Gasteiger partial charge in [-0.2, -0.15) is 8.42 Å². The predicted molar refractivity (Wildman–Crippen MR) is 53.9 cm³/mol. The molecule has 0 bridgehead atoms. The average molecular weight is 236 g/mol. The molecule has 0 aromatic heterocycles. The molecule has 6 heteroatoms. The molecule has 0 aromatic carbocycles. The quantitative estimate of drug-likeness (QED) is 0.522. The second-order valence-corrected chi connectivity index (χ2v) is 6.01. The van der Waals surface area contributed by atoms with E-state index in [2.05, 4.69) is 0 Å². The third kappa shape index (κ3) is 3.89. The predicted octanol–water partition coefficient (Wildman–Crippen LogP) is 0.345. The van der Waals surface area contributed by atoms with Gasteiger partial charge in [0.2, 0.25) is 0 Å². The molecule has 1 fully saturated rings. The van der Waals surface area contributed by atoms with Gasteiger partial charge in [-0.1, -0.05) is 0 Å². The van der Waals surface area contributed by atoms with Crippen LogP contribution in [0.2, 0.25) is 0 Å². The Hall–Kier alpha value is -0.460. The lowest BCUT2D eigenvalue weighted by molar-refractivity contribution is -0.138. The molecule has 0 aromatic rings. The van der Waals surface area contributed by atoms with Crippen LogP contribution < -0.4 is 0 Å². The molecule has 0 aliphatic carbocycles. The van der Waals surface area contributed by atoms with Crippen LogP contribution in [0.4, 0.5) is 0 Å². The first-order valence-electron chi connectivity index (χ1n) is 4.71. The Morgan fingerprint density at radius 1 is 1.47 bits per heavy atom. The van der Waals surface area contributed by atoms with Crippen molar-refractivity contribution in [2.75, 3.05) is 12.9 Å². The van der Waals surface area contributed by atoms with Gasteiger partial charge < -0.3 is 9.53 Å². The summed E-state index contributed by atoms with van der Waals surface area (Å²) in [5.74, 6) is -0.507. The molecule has 2 atom stereocenters. The van der Waals surface area contributed by atoms with Crippen molar-refractivity contribution in [1.82, 2.24) is 0 Å². The molecule has 0 saturated carbocycles. The van der Waals surface area contributed by atoms with Gasteiger partial charge in [0.1, 0.15) is 6.29 Å². The van der Waals surface area contributed by atoms with Gasteiger partial charge in [-0.3, -0.25) is 4.18 Å². The maximum absolute atomic E-state index is 11.0. The fourth-order valence-corrected chi connectivity index (χ4v) is 2.24. The Bertz CT molecular complexity index is 332. The molecule has 1 heterocycles. The monoisotopic (exact) mass is 236 g/mol. The summed E-state index contributed by atoms with van der Waals surface area (Å²) < 4.78 is 32.3. The average Bonchev–Trinajstić information content (AvgIpc) is 1.99. The van der Waals surface area contributed by atoms with E-state index >= 15 is 0 Å². The zero-order valence-electron chi connectivity index (χ0n) is 9.10. The number of aldehydes is 1. The Labute approximate surface area is 89.9 Å². The molecule has 1 saturated heterocycles. The molecular formula is C9H16O5S. The van der Waals surface area contributed by atoms with Crippen molar-refractivity contribution >= 4 is 16.4 Å². The van der Waals surface area contributed by atoms with Crippen LogP contribution in [0.15, 0.2) is 0 Å². The molecule has 0 N–H and O–H groups in total. The number of carbonyl (C=O) groups is 1. The maximum atomic E-state index is 11.0. The maximum Gasteiger partial charge on any atom is 0.264 e. The van der Waals surface area contributed by atoms with Gasteiger partial charge in [0.05, 0.1) is 30.5 Å². The molecular weight excluding hydrogens is 220 g/mol. The number of hydrogen-bond acceptors (Lipinski definition) is 5. The minimum Gasteiger partial charge on any atom is -0.375 e. The van der Waals surface area contributed by atoms with Crippen molar-refractivity contribution in [3.63, 3.8) is 0 Å². The number of hydrogen-bond donors (Lipinski definition) is 0. The highest BCUT2D eigenvalue weighted by Gasteiger charge is 2.38. The van der Waals surface area contributed by atoms with Gasteiger partial charge in [0, 0.05) is 6.42 Å². The zero-order chi connectivity index (χ0) is 11.7. The highest BCUT2D eigenvalue weighted by Crippen LogP contribution is 2.29. The van der Waals surface area contributed by atoms with E-state index in [4.69, 9.17) is 8.92 Å². The second-order valence-electron chi connectivity index (χ2n) is 4.41. The standard InChI is InChI=1S/C9H16O5S/c1-9(2)4-8(14-15(3,11)12)7(5-10)6-13-9/h5,7-8H,4,6H2,1-3H3/t7-,8-/m1/s1. The summed E-state index contributed by atoms with van der Waals surface area (Å²) >= 11 is 0. The summed E-state index contributed by atoms with van der Waals surface area (Å²) in [6.45, 7) is 3.88. The van der Waals surface area contributed by atoms with Crippen molar-refractivity contribution < 1.29 is 22.1 Å². The van der Waals surface area contributed by atoms with Gasteiger partial charge in [0.25, 0.3) is 10.1 Å². The number of rotatable bonds is 3. The van der Waals surface area contributed by atoms with Gasteiger partial charge in [-0.25, -0.2) is 0 Å². The Morgan fingerprint density at radius 2 is 2.07 bits per heavy atom. The lowest BCUT2D eigenvalue weighted by Crippen LogP contribution is -2.45. The SMILES string of the molecule is CC1(C)C[C@@H](OS(C)(=O)=O)[C@H](C=O)CO1. The summed E-state index contributed by atoms with van der Waals surface area (Å²) in [4.78, 5) is 10.7. The van der Waals surface area contributed by atoms with E-state index in [1.807, 2.05) is 13.8 Å². The topological polar surface area (TPSA) is 69.7 Å². The summed E-state index contributed by atoms with van der Waals surface area (Å²) in [6, 6.07) is 0. The first kappa shape index (κ1) is 12.6. The van der Waals surface area contributed by atoms with Crippen molar-refractivity contribution in [2.45, 2.75) is 32.0 Å². The van der Waals surface area contributed by atoms with Crippen LogP contribution in [0.25, 0.3) is 0 Å². The smallest absolute Gasteiger partial charge is 0.264 e. The molecule has 0 spiro atoms. The highest BCUT2D eigenvalue weighted by molar-refractivity contribution is 7.86. The van der Waals surface area contributed by atoms with Crippen LogP contribution in [-0.2, 0) is 23.8 Å². The fourth-order valence-electron chi connectivity index (χ4n) is 1.58. The lowest BCUT2D eigenvalue weighted by atomic mass is 9.90. The van der Waals surface area contributed by atoms with Crippen molar-refractivity contribution in [1.29, 1.82) is 0 Å². The molecule has 0 radical (unpaired) electrons. The van der Waals surface area contributed by atoms with Crippen LogP contribution in [0.1, 0.15) is 20.3 Å². The number of ether oxygens (including phenoxy) is 1. The lowest BCUT2D eigenvalue weighted by Gasteiger charge is -2.37. The van der Waals surface area contributed by atoms with E-state index in [0.717, 1.165) is 6.26 Å². The first-order chi connectivity index (χ1) is 6.73. The largest absolute Gasteiger partial charge is 0.375 e. The first-order valence-corrected chi connectivity index (χ1v) is 6.53. The van der Waals surface area contributed by atoms with Gasteiger partial charge in [-0.15, -0.1) is 0 Å². The van der Waals surface area contributed by atoms with Crippen molar-refractivity contribution in [3.05, 3.63) is 0 Å². The van der Waals surface area contributed by atoms with Crippen LogP contribution in [0.5, 0.6) is 0 Å². The third-order valence-corrected chi connectivity index (χ3v) is 2.91. The second kappa shape index (κ2) is 4.19. The molecule has 1 aliphatic heterocycles. The minimum absolute atomic E-state index is 0.205. The van der Waals surface area contributed by atoms with E-state index in [1.165, 1.54) is 0 Å². The Balaban J connectivity index is 2.76. The van der Waals surface area contributed by atoms with Gasteiger partial charge in [-0.05, 0) is 13.8 Å². The van der Waals surface area contributed by atoms with E-state index in [-0.39, 0.29) is 6.61 Å². The van der Waals surface area contributed by atoms with Crippen molar-refractivity contribution in [2.24, 2.45) is 5.92 Å². The normalized spacial score (nSPS) is 31.1.